The number of imidazole rings is 1. The van der Waals surface area contributed by atoms with Crippen LogP contribution >= 0.6 is 23.2 Å². The minimum Gasteiger partial charge on any atom is -0.339 e. The first-order chi connectivity index (χ1) is 11.7. The molecule has 0 spiro atoms. The molecule has 0 atom stereocenters. The molecular weight excluding hydrogens is 341 g/mol. The van der Waals surface area contributed by atoms with Gasteiger partial charge in [0.05, 0.1) is 10.0 Å². The molecule has 24 heavy (non-hydrogen) atoms. The molecule has 2 heterocycles. The SMILES string of the molecule is Clc1ccc2nc(-c3ccccc3Cl)c(Nc3ccccc3)n2c1. The van der Waals surface area contributed by atoms with Crippen molar-refractivity contribution in [2.24, 2.45) is 0 Å². The average molecular weight is 354 g/mol. The third-order valence-corrected chi connectivity index (χ3v) is 4.30. The van der Waals surface area contributed by atoms with Crippen LogP contribution in [0, 0.1) is 0 Å². The molecule has 0 saturated carbocycles. The number of aromatic nitrogens is 2. The van der Waals surface area contributed by atoms with Crippen molar-refractivity contribution in [2.75, 3.05) is 5.32 Å². The van der Waals surface area contributed by atoms with E-state index in [1.165, 1.54) is 0 Å². The van der Waals surface area contributed by atoms with Gasteiger partial charge in [0.15, 0.2) is 0 Å². The van der Waals surface area contributed by atoms with Crippen LogP contribution < -0.4 is 5.32 Å². The predicted octanol–water partition coefficient (Wildman–Crippen LogP) is 6.05. The van der Waals surface area contributed by atoms with E-state index in [1.54, 1.807) is 0 Å². The summed E-state index contributed by atoms with van der Waals surface area (Å²) in [5.41, 5.74) is 3.42. The summed E-state index contributed by atoms with van der Waals surface area (Å²) in [5, 5.41) is 4.73. The van der Waals surface area contributed by atoms with E-state index >= 15 is 0 Å². The highest BCUT2D eigenvalue weighted by Gasteiger charge is 2.16. The topological polar surface area (TPSA) is 29.3 Å². The van der Waals surface area contributed by atoms with Gasteiger partial charge in [-0.2, -0.15) is 0 Å². The Hall–Kier alpha value is -2.49. The van der Waals surface area contributed by atoms with E-state index in [-0.39, 0.29) is 0 Å². The summed E-state index contributed by atoms with van der Waals surface area (Å²) in [5.74, 6) is 0.826. The summed E-state index contributed by atoms with van der Waals surface area (Å²) in [6, 6.07) is 21.3. The number of benzene rings is 2. The maximum atomic E-state index is 6.39. The van der Waals surface area contributed by atoms with E-state index < -0.39 is 0 Å². The molecule has 0 fully saturated rings. The van der Waals surface area contributed by atoms with Crippen LogP contribution in [-0.2, 0) is 0 Å². The van der Waals surface area contributed by atoms with Crippen molar-refractivity contribution in [3.63, 3.8) is 0 Å². The van der Waals surface area contributed by atoms with E-state index in [9.17, 15) is 0 Å². The number of pyridine rings is 1. The quantitative estimate of drug-likeness (QED) is 0.485. The highest BCUT2D eigenvalue weighted by atomic mass is 35.5. The number of hydrogen-bond acceptors (Lipinski definition) is 2. The van der Waals surface area contributed by atoms with Crippen molar-refractivity contribution in [2.45, 2.75) is 0 Å². The van der Waals surface area contributed by atoms with E-state index in [2.05, 4.69) is 5.32 Å². The van der Waals surface area contributed by atoms with Gasteiger partial charge >= 0.3 is 0 Å². The van der Waals surface area contributed by atoms with Gasteiger partial charge in [0, 0.05) is 17.4 Å². The van der Waals surface area contributed by atoms with Crippen LogP contribution in [0.3, 0.4) is 0 Å². The van der Waals surface area contributed by atoms with Gasteiger partial charge in [0.1, 0.15) is 17.2 Å². The number of nitrogens with one attached hydrogen (secondary N) is 1. The fourth-order valence-electron chi connectivity index (χ4n) is 2.64. The van der Waals surface area contributed by atoms with Gasteiger partial charge in [-0.3, -0.25) is 4.40 Å². The number of fused-ring (bicyclic) bond motifs is 1. The Bertz CT molecular complexity index is 1010. The molecule has 0 aliphatic rings. The predicted molar refractivity (Wildman–Crippen MR) is 100 cm³/mol. The average Bonchev–Trinajstić information content (AvgIpc) is 2.94. The van der Waals surface area contributed by atoms with Gasteiger partial charge < -0.3 is 5.32 Å². The zero-order valence-electron chi connectivity index (χ0n) is 12.6. The molecule has 0 bridgehead atoms. The van der Waals surface area contributed by atoms with Crippen molar-refractivity contribution in [1.82, 2.24) is 9.38 Å². The lowest BCUT2D eigenvalue weighted by molar-refractivity contribution is 1.18. The summed E-state index contributed by atoms with van der Waals surface area (Å²) < 4.78 is 1.94. The molecule has 4 aromatic rings. The zero-order valence-corrected chi connectivity index (χ0v) is 14.1. The molecular formula is C19H13Cl2N3. The van der Waals surface area contributed by atoms with Crippen molar-refractivity contribution in [3.05, 3.63) is 83.0 Å². The summed E-state index contributed by atoms with van der Waals surface area (Å²) in [6.07, 6.45) is 1.84. The third kappa shape index (κ3) is 2.73. The monoisotopic (exact) mass is 353 g/mol. The smallest absolute Gasteiger partial charge is 0.143 e. The fraction of sp³-hybridized carbons (Fsp3) is 0. The number of hydrogen-bond donors (Lipinski definition) is 1. The summed E-state index contributed by atoms with van der Waals surface area (Å²) in [4.78, 5) is 4.74. The Morgan fingerprint density at radius 1 is 0.833 bits per heavy atom. The van der Waals surface area contributed by atoms with Gasteiger partial charge in [0.25, 0.3) is 0 Å². The van der Waals surface area contributed by atoms with E-state index in [0.717, 1.165) is 28.4 Å². The molecule has 5 heteroatoms. The van der Waals surface area contributed by atoms with Gasteiger partial charge in [-0.1, -0.05) is 59.6 Å². The minimum atomic E-state index is 0.640. The Morgan fingerprint density at radius 3 is 2.38 bits per heavy atom. The summed E-state index contributed by atoms with van der Waals surface area (Å²) >= 11 is 12.6. The molecule has 4 rings (SSSR count). The van der Waals surface area contributed by atoms with Crippen molar-refractivity contribution < 1.29 is 0 Å². The molecule has 0 aliphatic heterocycles. The lowest BCUT2D eigenvalue weighted by Gasteiger charge is -2.09. The Labute approximate surface area is 149 Å². The number of halogens is 2. The van der Waals surface area contributed by atoms with Crippen molar-refractivity contribution >= 4 is 40.4 Å². The Balaban J connectivity index is 1.96. The number of para-hydroxylation sites is 1. The lowest BCUT2D eigenvalue weighted by Crippen LogP contribution is -1.97. The molecule has 118 valence electrons. The molecule has 3 nitrogen and oxygen atoms in total. The molecule has 2 aromatic heterocycles. The molecule has 0 amide bonds. The molecule has 0 aliphatic carbocycles. The molecule has 0 unspecified atom stereocenters. The highest BCUT2D eigenvalue weighted by Crippen LogP contribution is 2.35. The van der Waals surface area contributed by atoms with Crippen molar-refractivity contribution in [3.8, 4) is 11.3 Å². The molecule has 0 radical (unpaired) electrons. The minimum absolute atomic E-state index is 0.640. The standard InChI is InChI=1S/C19H13Cl2N3/c20-13-10-11-17-23-18(15-8-4-5-9-16(15)21)19(24(17)12-13)22-14-6-2-1-3-7-14/h1-12,22H. The Morgan fingerprint density at radius 2 is 1.58 bits per heavy atom. The maximum absolute atomic E-state index is 6.39. The largest absolute Gasteiger partial charge is 0.339 e. The van der Waals surface area contributed by atoms with E-state index in [4.69, 9.17) is 28.2 Å². The van der Waals surface area contributed by atoms with E-state index in [1.807, 2.05) is 77.3 Å². The first-order valence-corrected chi connectivity index (χ1v) is 8.22. The first kappa shape index (κ1) is 15.1. The lowest BCUT2D eigenvalue weighted by atomic mass is 10.1. The van der Waals surface area contributed by atoms with Crippen LogP contribution in [0.5, 0.6) is 0 Å². The molecule has 1 N–H and O–H groups in total. The van der Waals surface area contributed by atoms with Crippen LogP contribution in [0.2, 0.25) is 10.0 Å². The Kier molecular flexibility index (Phi) is 3.89. The summed E-state index contributed by atoms with van der Waals surface area (Å²) in [7, 11) is 0. The van der Waals surface area contributed by atoms with Crippen LogP contribution in [0.1, 0.15) is 0 Å². The first-order valence-electron chi connectivity index (χ1n) is 7.47. The second-order valence-electron chi connectivity index (χ2n) is 5.36. The summed E-state index contributed by atoms with van der Waals surface area (Å²) in [6.45, 7) is 0. The van der Waals surface area contributed by atoms with Gasteiger partial charge in [-0.05, 0) is 30.3 Å². The second-order valence-corrected chi connectivity index (χ2v) is 6.20. The second kappa shape index (κ2) is 6.19. The normalized spacial score (nSPS) is 10.9. The van der Waals surface area contributed by atoms with Gasteiger partial charge in [0.2, 0.25) is 0 Å². The number of rotatable bonds is 3. The van der Waals surface area contributed by atoms with E-state index in [0.29, 0.717) is 10.0 Å². The van der Waals surface area contributed by atoms with Gasteiger partial charge in [-0.15, -0.1) is 0 Å². The van der Waals surface area contributed by atoms with Crippen LogP contribution in [0.4, 0.5) is 11.5 Å². The van der Waals surface area contributed by atoms with Gasteiger partial charge in [-0.25, -0.2) is 4.98 Å². The highest BCUT2D eigenvalue weighted by molar-refractivity contribution is 6.33. The van der Waals surface area contributed by atoms with Crippen LogP contribution in [-0.4, -0.2) is 9.38 Å². The maximum Gasteiger partial charge on any atom is 0.143 e. The molecule has 2 aromatic carbocycles. The van der Waals surface area contributed by atoms with Crippen LogP contribution in [0.15, 0.2) is 72.9 Å². The number of anilines is 2. The molecule has 0 saturated heterocycles. The van der Waals surface area contributed by atoms with Crippen LogP contribution in [0.25, 0.3) is 16.9 Å². The fourth-order valence-corrected chi connectivity index (χ4v) is 3.02. The third-order valence-electron chi connectivity index (χ3n) is 3.75. The van der Waals surface area contributed by atoms with Crippen molar-refractivity contribution in [1.29, 1.82) is 0 Å². The number of nitrogens with zero attached hydrogens (tertiary/aromatic N) is 2. The zero-order chi connectivity index (χ0) is 16.5.